The van der Waals surface area contributed by atoms with Crippen LogP contribution in [0.15, 0.2) is 12.5 Å². The van der Waals surface area contributed by atoms with Crippen molar-refractivity contribution >= 4 is 0 Å². The normalized spacial score (nSPS) is 18.3. The molecule has 1 aliphatic rings. The van der Waals surface area contributed by atoms with Crippen molar-refractivity contribution in [2.45, 2.75) is 51.2 Å². The predicted octanol–water partition coefficient (Wildman–Crippen LogP) is 2.04. The molecule has 1 fully saturated rings. The Hall–Kier alpha value is -0.870. The zero-order valence-corrected chi connectivity index (χ0v) is 12.1. The van der Waals surface area contributed by atoms with E-state index in [9.17, 15) is 0 Å². The van der Waals surface area contributed by atoms with Crippen molar-refractivity contribution in [3.8, 4) is 0 Å². The first-order chi connectivity index (χ1) is 8.55. The zero-order valence-electron chi connectivity index (χ0n) is 12.1. The lowest BCUT2D eigenvalue weighted by atomic mass is 9.75. The third kappa shape index (κ3) is 2.59. The molecule has 0 saturated heterocycles. The fraction of sp³-hybridized carbons (Fsp3) is 0.786. The minimum atomic E-state index is 0.392. The Morgan fingerprint density at radius 1 is 1.44 bits per heavy atom. The van der Waals surface area contributed by atoms with Gasteiger partial charge < -0.3 is 14.8 Å². The second kappa shape index (κ2) is 5.41. The Bertz CT molecular complexity index is 377. The molecule has 0 aliphatic heterocycles. The van der Waals surface area contributed by atoms with Crippen molar-refractivity contribution in [3.63, 3.8) is 0 Å². The van der Waals surface area contributed by atoms with E-state index in [-0.39, 0.29) is 0 Å². The van der Waals surface area contributed by atoms with Crippen molar-refractivity contribution in [2.24, 2.45) is 0 Å². The summed E-state index contributed by atoms with van der Waals surface area (Å²) in [6.07, 6.45) is 7.89. The van der Waals surface area contributed by atoms with Gasteiger partial charge in [-0.3, -0.25) is 0 Å². The average molecular weight is 250 g/mol. The van der Waals surface area contributed by atoms with Crippen LogP contribution in [0, 0.1) is 0 Å². The zero-order chi connectivity index (χ0) is 13.2. The van der Waals surface area contributed by atoms with E-state index in [4.69, 9.17) is 0 Å². The summed E-state index contributed by atoms with van der Waals surface area (Å²) in [6.45, 7) is 6.37. The number of imidazole rings is 1. The minimum absolute atomic E-state index is 0.392. The summed E-state index contributed by atoms with van der Waals surface area (Å²) in [4.78, 5) is 6.62. The van der Waals surface area contributed by atoms with Crippen molar-refractivity contribution in [2.75, 3.05) is 20.6 Å². The highest BCUT2D eigenvalue weighted by atomic mass is 15.2. The van der Waals surface area contributed by atoms with Crippen LogP contribution in [0.25, 0.3) is 0 Å². The van der Waals surface area contributed by atoms with Gasteiger partial charge in [0.2, 0.25) is 0 Å². The van der Waals surface area contributed by atoms with Crippen LogP contribution in [0.5, 0.6) is 0 Å². The summed E-state index contributed by atoms with van der Waals surface area (Å²) < 4.78 is 2.23. The highest BCUT2D eigenvalue weighted by molar-refractivity contribution is 5.02. The summed E-state index contributed by atoms with van der Waals surface area (Å²) in [5.41, 5.74) is 1.67. The molecule has 2 rings (SSSR count). The Kier molecular flexibility index (Phi) is 4.07. The third-order valence-corrected chi connectivity index (χ3v) is 4.30. The Labute approximate surface area is 110 Å². The molecule has 102 valence electrons. The molecule has 4 nitrogen and oxygen atoms in total. The van der Waals surface area contributed by atoms with Gasteiger partial charge in [-0.15, -0.1) is 0 Å². The number of likely N-dealkylation sites (N-methyl/N-ethyl adjacent to an activating group) is 1. The molecule has 0 unspecified atom stereocenters. The molecule has 4 heteroatoms. The number of aromatic nitrogens is 2. The highest BCUT2D eigenvalue weighted by Gasteiger charge is 2.38. The Morgan fingerprint density at radius 2 is 2.17 bits per heavy atom. The summed E-state index contributed by atoms with van der Waals surface area (Å²) in [6, 6.07) is 0.482. The van der Waals surface area contributed by atoms with Crippen LogP contribution in [0.1, 0.15) is 44.8 Å². The fourth-order valence-corrected chi connectivity index (χ4v) is 2.72. The molecule has 0 bridgehead atoms. The van der Waals surface area contributed by atoms with Gasteiger partial charge in [0.25, 0.3) is 0 Å². The van der Waals surface area contributed by atoms with Gasteiger partial charge in [-0.05, 0) is 47.2 Å². The van der Waals surface area contributed by atoms with Gasteiger partial charge >= 0.3 is 0 Å². The standard InChI is InChI=1S/C14H26N4/c1-12(2)18-11-16-9-13(18)8-15-10-14(17(3)4)6-5-7-14/h9,11-12,15H,5-8,10H2,1-4H3. The van der Waals surface area contributed by atoms with Crippen LogP contribution < -0.4 is 5.32 Å². The topological polar surface area (TPSA) is 33.1 Å². The van der Waals surface area contributed by atoms with E-state index in [0.717, 1.165) is 13.1 Å². The van der Waals surface area contributed by atoms with E-state index >= 15 is 0 Å². The van der Waals surface area contributed by atoms with Crippen LogP contribution >= 0.6 is 0 Å². The molecule has 1 aromatic heterocycles. The Morgan fingerprint density at radius 3 is 2.67 bits per heavy atom. The van der Waals surface area contributed by atoms with Crippen LogP contribution in [0.3, 0.4) is 0 Å². The van der Waals surface area contributed by atoms with E-state index in [1.165, 1.54) is 25.0 Å². The maximum absolute atomic E-state index is 4.24. The lowest BCUT2D eigenvalue weighted by Gasteiger charge is -2.47. The lowest BCUT2D eigenvalue weighted by molar-refractivity contribution is 0.0596. The first kappa shape index (κ1) is 13.6. The fourth-order valence-electron chi connectivity index (χ4n) is 2.72. The van der Waals surface area contributed by atoms with Gasteiger partial charge in [-0.1, -0.05) is 0 Å². The first-order valence-corrected chi connectivity index (χ1v) is 6.94. The van der Waals surface area contributed by atoms with Crippen LogP contribution in [0.2, 0.25) is 0 Å². The molecule has 1 saturated carbocycles. The van der Waals surface area contributed by atoms with Gasteiger partial charge in [-0.25, -0.2) is 4.98 Å². The molecule has 1 aromatic rings. The molecule has 0 aromatic carbocycles. The van der Waals surface area contributed by atoms with Crippen molar-refractivity contribution in [1.29, 1.82) is 0 Å². The van der Waals surface area contributed by atoms with E-state index in [0.29, 0.717) is 11.6 Å². The molecule has 1 aliphatic carbocycles. The second-order valence-electron chi connectivity index (χ2n) is 5.96. The highest BCUT2D eigenvalue weighted by Crippen LogP contribution is 2.35. The van der Waals surface area contributed by atoms with E-state index in [1.807, 2.05) is 12.5 Å². The molecular formula is C14H26N4. The molecule has 0 atom stereocenters. The van der Waals surface area contributed by atoms with Crippen molar-refractivity contribution < 1.29 is 0 Å². The first-order valence-electron chi connectivity index (χ1n) is 6.94. The number of hydrogen-bond donors (Lipinski definition) is 1. The predicted molar refractivity (Wildman–Crippen MR) is 74.6 cm³/mol. The van der Waals surface area contributed by atoms with Crippen LogP contribution in [0.4, 0.5) is 0 Å². The molecule has 18 heavy (non-hydrogen) atoms. The maximum atomic E-state index is 4.24. The van der Waals surface area contributed by atoms with Gasteiger partial charge in [0.1, 0.15) is 0 Å². The number of nitrogens with zero attached hydrogens (tertiary/aromatic N) is 3. The van der Waals surface area contributed by atoms with Crippen LogP contribution in [-0.4, -0.2) is 40.6 Å². The summed E-state index contributed by atoms with van der Waals surface area (Å²) in [7, 11) is 4.39. The molecule has 1 heterocycles. The van der Waals surface area contributed by atoms with E-state index < -0.39 is 0 Å². The van der Waals surface area contributed by atoms with Gasteiger partial charge in [0.05, 0.1) is 12.0 Å². The molecule has 0 radical (unpaired) electrons. The van der Waals surface area contributed by atoms with Gasteiger partial charge in [-0.2, -0.15) is 0 Å². The monoisotopic (exact) mass is 250 g/mol. The Balaban J connectivity index is 1.86. The number of nitrogens with one attached hydrogen (secondary N) is 1. The van der Waals surface area contributed by atoms with Crippen molar-refractivity contribution in [1.82, 2.24) is 19.8 Å². The van der Waals surface area contributed by atoms with E-state index in [2.05, 4.69) is 47.7 Å². The molecule has 1 N–H and O–H groups in total. The quantitative estimate of drug-likeness (QED) is 0.838. The molecule has 0 amide bonds. The molecule has 0 spiro atoms. The maximum Gasteiger partial charge on any atom is 0.0951 e. The summed E-state index contributed by atoms with van der Waals surface area (Å²) >= 11 is 0. The second-order valence-corrected chi connectivity index (χ2v) is 5.96. The number of hydrogen-bond acceptors (Lipinski definition) is 3. The number of rotatable bonds is 6. The third-order valence-electron chi connectivity index (χ3n) is 4.30. The summed E-state index contributed by atoms with van der Waals surface area (Å²) in [5.74, 6) is 0. The van der Waals surface area contributed by atoms with Gasteiger partial charge in [0.15, 0.2) is 0 Å². The minimum Gasteiger partial charge on any atom is -0.331 e. The SMILES string of the molecule is CC(C)n1cncc1CNCC1(N(C)C)CCC1. The van der Waals surface area contributed by atoms with E-state index in [1.54, 1.807) is 0 Å². The lowest BCUT2D eigenvalue weighted by Crippen LogP contribution is -2.56. The van der Waals surface area contributed by atoms with Crippen LogP contribution in [-0.2, 0) is 6.54 Å². The largest absolute Gasteiger partial charge is 0.331 e. The molecular weight excluding hydrogens is 224 g/mol. The van der Waals surface area contributed by atoms with Crippen molar-refractivity contribution in [3.05, 3.63) is 18.2 Å². The van der Waals surface area contributed by atoms with Gasteiger partial charge in [0, 0.05) is 30.9 Å². The average Bonchev–Trinajstić information content (AvgIpc) is 2.69. The summed E-state index contributed by atoms with van der Waals surface area (Å²) in [5, 5.41) is 3.60. The smallest absolute Gasteiger partial charge is 0.0951 e.